The predicted octanol–water partition coefficient (Wildman–Crippen LogP) is 0.0762. The Hall–Kier alpha value is -0.940. The van der Waals surface area contributed by atoms with Crippen molar-refractivity contribution < 1.29 is 18.1 Å². The van der Waals surface area contributed by atoms with Gasteiger partial charge >= 0.3 is 0 Å². The molecule has 0 amide bonds. The van der Waals surface area contributed by atoms with E-state index >= 15 is 0 Å². The highest BCUT2D eigenvalue weighted by Gasteiger charge is 2.30. The van der Waals surface area contributed by atoms with Crippen LogP contribution in [0.4, 0.5) is 4.39 Å². The Morgan fingerprint density at radius 2 is 2.12 bits per heavy atom. The molecule has 5 heteroatoms. The maximum Gasteiger partial charge on any atom is 0.156 e. The van der Waals surface area contributed by atoms with Gasteiger partial charge in [0.25, 0.3) is 0 Å². The second-order valence-corrected chi connectivity index (χ2v) is 6.42. The van der Waals surface area contributed by atoms with Crippen molar-refractivity contribution in [3.05, 3.63) is 35.6 Å². The van der Waals surface area contributed by atoms with Gasteiger partial charge in [-0.25, -0.2) is 12.8 Å². The first-order valence-electron chi connectivity index (χ1n) is 5.34. The normalized spacial score (nSPS) is 23.4. The summed E-state index contributed by atoms with van der Waals surface area (Å²) < 4.78 is 35.7. The number of rotatable bonds is 3. The smallest absolute Gasteiger partial charge is 0.156 e. The van der Waals surface area contributed by atoms with Crippen LogP contribution in [-0.2, 0) is 16.4 Å². The van der Waals surface area contributed by atoms with Gasteiger partial charge in [-0.1, -0.05) is 18.2 Å². The van der Waals surface area contributed by atoms with Crippen LogP contribution in [-0.4, -0.2) is 26.0 Å². The van der Waals surface area contributed by atoms with Crippen LogP contribution < -0.4 is 5.32 Å². The molecule has 1 aromatic carbocycles. The van der Waals surface area contributed by atoms with Gasteiger partial charge in [0.2, 0.25) is 0 Å². The molecular weight excluding hydrogens is 229 g/mol. The minimum Gasteiger partial charge on any atom is -0.339 e. The van der Waals surface area contributed by atoms with E-state index in [9.17, 15) is 12.8 Å². The minimum absolute atomic E-state index is 0.0876. The van der Waals surface area contributed by atoms with Crippen LogP contribution in [0.25, 0.3) is 0 Å². The molecule has 3 nitrogen and oxygen atoms in total. The lowest BCUT2D eigenvalue weighted by molar-refractivity contribution is -0.699. The molecule has 0 unspecified atom stereocenters. The van der Waals surface area contributed by atoms with Crippen LogP contribution in [0.2, 0.25) is 0 Å². The molecule has 2 N–H and O–H groups in total. The van der Waals surface area contributed by atoms with Crippen molar-refractivity contribution in [3.63, 3.8) is 0 Å². The fourth-order valence-corrected chi connectivity index (χ4v) is 3.75. The third-order valence-corrected chi connectivity index (χ3v) is 4.69. The van der Waals surface area contributed by atoms with Crippen LogP contribution in [0.3, 0.4) is 0 Å². The van der Waals surface area contributed by atoms with Crippen LogP contribution >= 0.6 is 0 Å². The SMILES string of the molecule is O=S1(=O)CC[C@@H]([NH2+]Cc2ccccc2F)C1. The molecule has 0 aliphatic carbocycles. The van der Waals surface area contributed by atoms with Crippen molar-refractivity contribution in [2.45, 2.75) is 19.0 Å². The molecule has 88 valence electrons. The van der Waals surface area contributed by atoms with Gasteiger partial charge in [-0.2, -0.15) is 0 Å². The minimum atomic E-state index is -2.83. The van der Waals surface area contributed by atoms with E-state index < -0.39 is 9.84 Å². The molecule has 0 aromatic heterocycles. The molecule has 1 saturated heterocycles. The van der Waals surface area contributed by atoms with Gasteiger partial charge in [0.1, 0.15) is 24.2 Å². The van der Waals surface area contributed by atoms with Crippen molar-refractivity contribution in [2.24, 2.45) is 0 Å². The summed E-state index contributed by atoms with van der Waals surface area (Å²) in [5.41, 5.74) is 0.631. The molecule has 16 heavy (non-hydrogen) atoms. The molecular formula is C11H15FNO2S+. The maximum absolute atomic E-state index is 13.3. The van der Waals surface area contributed by atoms with E-state index in [1.807, 2.05) is 5.32 Å². The number of nitrogens with two attached hydrogens (primary N) is 1. The van der Waals surface area contributed by atoms with Gasteiger partial charge in [-0.3, -0.25) is 0 Å². The van der Waals surface area contributed by atoms with Crippen LogP contribution in [0.1, 0.15) is 12.0 Å². The summed E-state index contributed by atoms with van der Waals surface area (Å²) in [5.74, 6) is 0.270. The molecule has 2 rings (SSSR count). The van der Waals surface area contributed by atoms with Crippen molar-refractivity contribution in [1.82, 2.24) is 0 Å². The summed E-state index contributed by atoms with van der Waals surface area (Å²) in [6.45, 7) is 0.507. The van der Waals surface area contributed by atoms with Crippen molar-refractivity contribution >= 4 is 9.84 Å². The highest BCUT2D eigenvalue weighted by Crippen LogP contribution is 2.09. The fourth-order valence-electron chi connectivity index (χ4n) is 1.97. The third-order valence-electron chi connectivity index (χ3n) is 2.90. The zero-order valence-corrected chi connectivity index (χ0v) is 9.71. The Labute approximate surface area is 94.6 Å². The molecule has 0 saturated carbocycles. The lowest BCUT2D eigenvalue weighted by Gasteiger charge is -2.07. The number of sulfone groups is 1. The van der Waals surface area contributed by atoms with E-state index in [1.54, 1.807) is 18.2 Å². The maximum atomic E-state index is 13.3. The number of benzene rings is 1. The average molecular weight is 244 g/mol. The summed E-state index contributed by atoms with van der Waals surface area (Å²) in [6, 6.07) is 6.69. The topological polar surface area (TPSA) is 50.8 Å². The van der Waals surface area contributed by atoms with Gasteiger partial charge in [-0.05, 0) is 6.07 Å². The molecule has 0 radical (unpaired) electrons. The van der Waals surface area contributed by atoms with Gasteiger partial charge in [0, 0.05) is 12.0 Å². The molecule has 0 spiro atoms. The second-order valence-electron chi connectivity index (χ2n) is 4.19. The van der Waals surface area contributed by atoms with E-state index in [-0.39, 0.29) is 23.4 Å². The molecule has 1 aliphatic heterocycles. The molecule has 1 atom stereocenters. The second kappa shape index (κ2) is 4.51. The van der Waals surface area contributed by atoms with Gasteiger partial charge in [0.15, 0.2) is 9.84 Å². The van der Waals surface area contributed by atoms with Crippen molar-refractivity contribution in [2.75, 3.05) is 11.5 Å². The first kappa shape index (κ1) is 11.5. The first-order valence-corrected chi connectivity index (χ1v) is 7.16. The zero-order chi connectivity index (χ0) is 11.6. The monoisotopic (exact) mass is 244 g/mol. The van der Waals surface area contributed by atoms with E-state index in [2.05, 4.69) is 0 Å². The predicted molar refractivity (Wildman–Crippen MR) is 59.1 cm³/mol. The van der Waals surface area contributed by atoms with Crippen molar-refractivity contribution in [3.8, 4) is 0 Å². The Kier molecular flexibility index (Phi) is 3.25. The molecule has 1 aromatic rings. The van der Waals surface area contributed by atoms with Crippen LogP contribution in [0.5, 0.6) is 0 Å². The molecule has 1 fully saturated rings. The standard InChI is InChI=1S/C11H14FNO2S/c12-11-4-2-1-3-9(11)7-13-10-5-6-16(14,15)8-10/h1-4,10,13H,5-8H2/p+1/t10-/m1/s1. The zero-order valence-electron chi connectivity index (χ0n) is 8.90. The van der Waals surface area contributed by atoms with Crippen LogP contribution in [0, 0.1) is 5.82 Å². The summed E-state index contributed by atoms with van der Waals surface area (Å²) in [6.07, 6.45) is 0.677. The lowest BCUT2D eigenvalue weighted by Crippen LogP contribution is -2.89. The van der Waals surface area contributed by atoms with Gasteiger partial charge in [0.05, 0.1) is 5.75 Å². The summed E-state index contributed by atoms with van der Waals surface area (Å²) >= 11 is 0. The Balaban J connectivity index is 1.92. The van der Waals surface area contributed by atoms with Gasteiger partial charge in [-0.15, -0.1) is 0 Å². The Bertz CT molecular complexity index is 473. The Morgan fingerprint density at radius 3 is 2.75 bits per heavy atom. The van der Waals surface area contributed by atoms with Crippen LogP contribution in [0.15, 0.2) is 24.3 Å². The van der Waals surface area contributed by atoms with E-state index in [4.69, 9.17) is 0 Å². The molecule has 1 aliphatic rings. The number of hydrogen-bond acceptors (Lipinski definition) is 2. The fraction of sp³-hybridized carbons (Fsp3) is 0.455. The van der Waals surface area contributed by atoms with E-state index in [0.717, 1.165) is 0 Å². The number of halogens is 1. The summed E-state index contributed by atoms with van der Waals surface area (Å²) in [5, 5.41) is 1.92. The first-order chi connectivity index (χ1) is 7.57. The summed E-state index contributed by atoms with van der Waals surface area (Å²) in [7, 11) is -2.83. The highest BCUT2D eigenvalue weighted by molar-refractivity contribution is 7.91. The third kappa shape index (κ3) is 2.80. The van der Waals surface area contributed by atoms with E-state index in [0.29, 0.717) is 18.5 Å². The van der Waals surface area contributed by atoms with E-state index in [1.165, 1.54) is 6.07 Å². The number of hydrogen-bond donors (Lipinski definition) is 1. The number of quaternary nitrogens is 1. The van der Waals surface area contributed by atoms with Crippen molar-refractivity contribution in [1.29, 1.82) is 0 Å². The largest absolute Gasteiger partial charge is 0.339 e. The molecule has 0 bridgehead atoms. The highest BCUT2D eigenvalue weighted by atomic mass is 32.2. The van der Waals surface area contributed by atoms with Gasteiger partial charge < -0.3 is 5.32 Å². The lowest BCUT2D eigenvalue weighted by atomic mass is 10.2. The Morgan fingerprint density at radius 1 is 1.38 bits per heavy atom. The molecule has 1 heterocycles. The quantitative estimate of drug-likeness (QED) is 0.818. The summed E-state index contributed by atoms with van der Waals surface area (Å²) in [4.78, 5) is 0. The average Bonchev–Trinajstić information content (AvgIpc) is 2.57.